The normalized spacial score (nSPS) is 14.2. The lowest BCUT2D eigenvalue weighted by atomic mass is 10.1. The van der Waals surface area contributed by atoms with Gasteiger partial charge in [0.2, 0.25) is 11.1 Å². The van der Waals surface area contributed by atoms with Gasteiger partial charge in [0.25, 0.3) is 0 Å². The number of aryl methyl sites for hydroxylation is 1. The van der Waals surface area contributed by atoms with Gasteiger partial charge >= 0.3 is 5.97 Å². The molecule has 0 radical (unpaired) electrons. The van der Waals surface area contributed by atoms with Crippen molar-refractivity contribution in [2.45, 2.75) is 25.8 Å². The van der Waals surface area contributed by atoms with Crippen molar-refractivity contribution in [2.24, 2.45) is 0 Å². The van der Waals surface area contributed by atoms with Crippen molar-refractivity contribution >= 4 is 5.97 Å². The number of aromatic carboxylic acids is 1. The number of carboxylic acids is 1. The monoisotopic (exact) mass is 270 g/mol. The molecule has 1 aromatic carbocycles. The molecule has 102 valence electrons. The van der Waals surface area contributed by atoms with Gasteiger partial charge in [0.15, 0.2) is 0 Å². The predicted octanol–water partition coefficient (Wildman–Crippen LogP) is 2.25. The van der Waals surface area contributed by atoms with Gasteiger partial charge in [0, 0.05) is 11.8 Å². The molecule has 1 heterocycles. The zero-order chi connectivity index (χ0) is 14.3. The Labute approximate surface area is 115 Å². The second kappa shape index (κ2) is 4.59. The van der Waals surface area contributed by atoms with Crippen molar-refractivity contribution in [3.63, 3.8) is 0 Å². The molecule has 5 heteroatoms. The van der Waals surface area contributed by atoms with E-state index in [2.05, 4.69) is 5.10 Å². The highest BCUT2D eigenvalue weighted by Gasteiger charge is 2.27. The molecule has 2 aromatic rings. The minimum atomic E-state index is -1.28. The van der Waals surface area contributed by atoms with Gasteiger partial charge in [-0.05, 0) is 25.3 Å². The first kappa shape index (κ1) is 12.6. The summed E-state index contributed by atoms with van der Waals surface area (Å²) in [5.41, 5.74) is 1.27. The van der Waals surface area contributed by atoms with Crippen LogP contribution in [0.4, 0.5) is 0 Å². The molecule has 1 aliphatic carbocycles. The molecule has 0 unspecified atom stereocenters. The topological polar surface area (TPSA) is 72.2 Å². The molecule has 1 N–H and O–H groups in total. The summed E-state index contributed by atoms with van der Waals surface area (Å²) in [6, 6.07) is 7.68. The Balaban J connectivity index is 2.20. The van der Waals surface area contributed by atoms with Crippen molar-refractivity contribution in [2.75, 3.05) is 0 Å². The van der Waals surface area contributed by atoms with E-state index in [1.165, 1.54) is 0 Å². The van der Waals surface area contributed by atoms with Gasteiger partial charge in [0.1, 0.15) is 0 Å². The zero-order valence-corrected chi connectivity index (χ0v) is 11.0. The van der Waals surface area contributed by atoms with Gasteiger partial charge in [0.05, 0.1) is 6.04 Å². The standard InChI is InChI=1S/C15H14N2O3/c1-9-2-4-10(5-3-9)12-8-17(11-6-7-11)16-13(14(12)18)15(19)20/h2-5,8,11H,6-7H2,1H3,(H,19,20). The first-order chi connectivity index (χ1) is 9.56. The lowest BCUT2D eigenvalue weighted by Gasteiger charge is -2.08. The lowest BCUT2D eigenvalue weighted by Crippen LogP contribution is -2.23. The van der Waals surface area contributed by atoms with E-state index in [0.717, 1.165) is 24.0 Å². The molecule has 5 nitrogen and oxygen atoms in total. The average Bonchev–Trinajstić information content (AvgIpc) is 3.24. The Morgan fingerprint density at radius 2 is 1.95 bits per heavy atom. The van der Waals surface area contributed by atoms with Crippen LogP contribution in [-0.2, 0) is 0 Å². The number of carboxylic acid groups (broad SMARTS) is 1. The largest absolute Gasteiger partial charge is 0.476 e. The van der Waals surface area contributed by atoms with Crippen molar-refractivity contribution in [1.29, 1.82) is 0 Å². The maximum atomic E-state index is 12.2. The van der Waals surface area contributed by atoms with Crippen molar-refractivity contribution in [3.05, 3.63) is 51.9 Å². The van der Waals surface area contributed by atoms with E-state index in [0.29, 0.717) is 5.56 Å². The van der Waals surface area contributed by atoms with E-state index in [4.69, 9.17) is 5.11 Å². The molecule has 20 heavy (non-hydrogen) atoms. The predicted molar refractivity (Wildman–Crippen MR) is 73.9 cm³/mol. The van der Waals surface area contributed by atoms with Gasteiger partial charge in [-0.3, -0.25) is 9.48 Å². The van der Waals surface area contributed by atoms with Crippen LogP contribution in [0, 0.1) is 6.92 Å². The molecule has 0 saturated heterocycles. The minimum absolute atomic E-state index is 0.220. The van der Waals surface area contributed by atoms with E-state index in [9.17, 15) is 9.59 Å². The Bertz CT molecular complexity index is 728. The quantitative estimate of drug-likeness (QED) is 0.928. The molecule has 3 rings (SSSR count). The Morgan fingerprint density at radius 1 is 1.30 bits per heavy atom. The molecule has 0 bridgehead atoms. The van der Waals surface area contributed by atoms with E-state index >= 15 is 0 Å². The number of hydrogen-bond donors (Lipinski definition) is 1. The second-order valence-electron chi connectivity index (χ2n) is 5.10. The minimum Gasteiger partial charge on any atom is -0.476 e. The molecule has 0 amide bonds. The summed E-state index contributed by atoms with van der Waals surface area (Å²) in [5.74, 6) is -1.28. The summed E-state index contributed by atoms with van der Waals surface area (Å²) < 4.78 is 1.61. The van der Waals surface area contributed by atoms with E-state index in [1.807, 2.05) is 31.2 Å². The fourth-order valence-corrected chi connectivity index (χ4v) is 2.11. The Hall–Kier alpha value is -2.43. The molecule has 1 fully saturated rings. The van der Waals surface area contributed by atoms with E-state index in [-0.39, 0.29) is 6.04 Å². The van der Waals surface area contributed by atoms with Crippen molar-refractivity contribution in [3.8, 4) is 11.1 Å². The van der Waals surface area contributed by atoms with Gasteiger partial charge in [-0.25, -0.2) is 4.79 Å². The number of rotatable bonds is 3. The molecule has 1 aromatic heterocycles. The van der Waals surface area contributed by atoms with Crippen LogP contribution < -0.4 is 5.43 Å². The van der Waals surface area contributed by atoms with Crippen LogP contribution in [-0.4, -0.2) is 20.9 Å². The maximum absolute atomic E-state index is 12.2. The van der Waals surface area contributed by atoms with Crippen LogP contribution in [0.5, 0.6) is 0 Å². The van der Waals surface area contributed by atoms with E-state index < -0.39 is 17.1 Å². The highest BCUT2D eigenvalue weighted by molar-refractivity contribution is 5.86. The van der Waals surface area contributed by atoms with Crippen molar-refractivity contribution < 1.29 is 9.90 Å². The fraction of sp³-hybridized carbons (Fsp3) is 0.267. The molecule has 1 saturated carbocycles. The van der Waals surface area contributed by atoms with Gasteiger partial charge < -0.3 is 5.11 Å². The Kier molecular flexibility index (Phi) is 2.89. The Morgan fingerprint density at radius 3 is 2.50 bits per heavy atom. The molecular formula is C15H14N2O3. The lowest BCUT2D eigenvalue weighted by molar-refractivity contribution is 0.0686. The smallest absolute Gasteiger partial charge is 0.360 e. The first-order valence-corrected chi connectivity index (χ1v) is 6.50. The molecule has 0 spiro atoms. The SMILES string of the molecule is Cc1ccc(-c2cn(C3CC3)nc(C(=O)O)c2=O)cc1. The van der Waals surface area contributed by atoms with E-state index in [1.54, 1.807) is 10.9 Å². The van der Waals surface area contributed by atoms with Crippen LogP contribution in [0.2, 0.25) is 0 Å². The number of benzene rings is 1. The summed E-state index contributed by atoms with van der Waals surface area (Å²) in [6.45, 7) is 1.96. The van der Waals surface area contributed by atoms with Crippen LogP contribution >= 0.6 is 0 Å². The third kappa shape index (κ3) is 2.22. The summed E-state index contributed by atoms with van der Waals surface area (Å²) >= 11 is 0. The van der Waals surface area contributed by atoms with Gasteiger partial charge in [-0.1, -0.05) is 29.8 Å². The zero-order valence-electron chi connectivity index (χ0n) is 11.0. The van der Waals surface area contributed by atoms with Gasteiger partial charge in [-0.2, -0.15) is 5.10 Å². The average molecular weight is 270 g/mol. The molecule has 1 aliphatic rings. The summed E-state index contributed by atoms with van der Waals surface area (Å²) in [4.78, 5) is 23.4. The van der Waals surface area contributed by atoms with Crippen LogP contribution in [0.15, 0.2) is 35.3 Å². The highest BCUT2D eigenvalue weighted by Crippen LogP contribution is 2.34. The fourth-order valence-electron chi connectivity index (χ4n) is 2.11. The summed E-state index contributed by atoms with van der Waals surface area (Å²) in [6.07, 6.45) is 3.61. The molecular weight excluding hydrogens is 256 g/mol. The number of hydrogen-bond acceptors (Lipinski definition) is 3. The summed E-state index contributed by atoms with van der Waals surface area (Å²) in [7, 11) is 0. The third-order valence-corrected chi connectivity index (χ3v) is 3.42. The number of nitrogens with zero attached hydrogens (tertiary/aromatic N) is 2. The third-order valence-electron chi connectivity index (χ3n) is 3.42. The molecule has 0 aliphatic heterocycles. The maximum Gasteiger partial charge on any atom is 0.360 e. The number of aromatic nitrogens is 2. The summed E-state index contributed by atoms with van der Waals surface area (Å²) in [5, 5.41) is 13.1. The van der Waals surface area contributed by atoms with Crippen LogP contribution in [0.1, 0.15) is 34.9 Å². The van der Waals surface area contributed by atoms with Crippen LogP contribution in [0.25, 0.3) is 11.1 Å². The second-order valence-corrected chi connectivity index (χ2v) is 5.10. The van der Waals surface area contributed by atoms with Crippen LogP contribution in [0.3, 0.4) is 0 Å². The first-order valence-electron chi connectivity index (χ1n) is 6.50. The molecule has 0 atom stereocenters. The van der Waals surface area contributed by atoms with Crippen molar-refractivity contribution in [1.82, 2.24) is 9.78 Å². The number of carbonyl (C=O) groups is 1. The highest BCUT2D eigenvalue weighted by atomic mass is 16.4. The van der Waals surface area contributed by atoms with Gasteiger partial charge in [-0.15, -0.1) is 0 Å².